The predicted molar refractivity (Wildman–Crippen MR) is 74.1 cm³/mol. The lowest BCUT2D eigenvalue weighted by Crippen LogP contribution is -2.21. The Morgan fingerprint density at radius 2 is 2.00 bits per heavy atom. The molecule has 1 fully saturated rings. The number of hydrogen-bond donors (Lipinski definition) is 2. The molecule has 18 heavy (non-hydrogen) atoms. The summed E-state index contributed by atoms with van der Waals surface area (Å²) in [6.07, 6.45) is 2.73. The Bertz CT molecular complexity index is 494. The molecule has 0 spiro atoms. The number of benzene rings is 1. The molecule has 4 nitrogen and oxygen atoms in total. The molecule has 2 N–H and O–H groups in total. The number of ether oxygens (including phenoxy) is 1. The maximum Gasteiger partial charge on any atom is 0.273 e. The number of hydrogen-bond acceptors (Lipinski definition) is 3. The highest BCUT2D eigenvalue weighted by Crippen LogP contribution is 2.15. The Balaban J connectivity index is 2.08. The third-order valence-corrected chi connectivity index (χ3v) is 2.59. The lowest BCUT2D eigenvalue weighted by Gasteiger charge is -2.04. The Morgan fingerprint density at radius 1 is 1.28 bits per heavy atom. The normalized spacial score (nSPS) is 16.6. The van der Waals surface area contributed by atoms with Crippen LogP contribution in [0.3, 0.4) is 0 Å². The van der Waals surface area contributed by atoms with Crippen LogP contribution in [0.1, 0.15) is 18.9 Å². The number of amides is 1. The molecule has 0 radical (unpaired) electrons. The van der Waals surface area contributed by atoms with E-state index in [1.54, 1.807) is 6.08 Å². The Kier molecular flexibility index (Phi) is 3.94. The number of thiocarbonyl (C=S) groups is 1. The number of carbonyl (C=O) groups is 1. The van der Waals surface area contributed by atoms with E-state index in [-0.39, 0.29) is 5.91 Å². The first-order chi connectivity index (χ1) is 8.69. The number of nitrogens with one attached hydrogen (secondary N) is 2. The van der Waals surface area contributed by atoms with E-state index in [0.29, 0.717) is 17.4 Å². The van der Waals surface area contributed by atoms with Gasteiger partial charge in [0.1, 0.15) is 11.4 Å². The van der Waals surface area contributed by atoms with Gasteiger partial charge in [0.05, 0.1) is 6.61 Å². The summed E-state index contributed by atoms with van der Waals surface area (Å²) in [5.74, 6) is 0.629. The molecule has 0 bridgehead atoms. The lowest BCUT2D eigenvalue weighted by molar-refractivity contribution is -0.115. The van der Waals surface area contributed by atoms with Crippen LogP contribution in [0.25, 0.3) is 6.08 Å². The minimum atomic E-state index is -0.202. The summed E-state index contributed by atoms with van der Waals surface area (Å²) in [6, 6.07) is 7.56. The Hall–Kier alpha value is -1.88. The van der Waals surface area contributed by atoms with Crippen LogP contribution in [0.15, 0.2) is 30.0 Å². The zero-order valence-electron chi connectivity index (χ0n) is 10.0. The summed E-state index contributed by atoms with van der Waals surface area (Å²) in [5, 5.41) is 5.66. The van der Waals surface area contributed by atoms with Crippen molar-refractivity contribution >= 4 is 29.3 Å². The summed E-state index contributed by atoms with van der Waals surface area (Å²) in [7, 11) is 0. The molecular formula is C13H14N2O2S. The molecule has 1 aromatic carbocycles. The molecule has 1 saturated heterocycles. The van der Waals surface area contributed by atoms with Gasteiger partial charge in [-0.05, 0) is 42.4 Å². The van der Waals surface area contributed by atoms with E-state index in [1.807, 2.05) is 24.3 Å². The van der Waals surface area contributed by atoms with Crippen molar-refractivity contribution in [3.05, 3.63) is 35.5 Å². The minimum Gasteiger partial charge on any atom is -0.494 e. The quantitative estimate of drug-likeness (QED) is 0.642. The second-order valence-corrected chi connectivity index (χ2v) is 4.29. The molecule has 1 aromatic rings. The highest BCUT2D eigenvalue weighted by atomic mass is 32.1. The van der Waals surface area contributed by atoms with E-state index >= 15 is 0 Å². The number of rotatable bonds is 4. The maximum absolute atomic E-state index is 11.4. The maximum atomic E-state index is 11.4. The number of carbonyl (C=O) groups excluding carboxylic acids is 1. The second-order valence-electron chi connectivity index (χ2n) is 3.88. The third kappa shape index (κ3) is 3.07. The van der Waals surface area contributed by atoms with E-state index in [4.69, 9.17) is 17.0 Å². The highest BCUT2D eigenvalue weighted by molar-refractivity contribution is 7.80. The molecule has 1 aliphatic rings. The first-order valence-electron chi connectivity index (χ1n) is 5.76. The van der Waals surface area contributed by atoms with Crippen LogP contribution in [0, 0.1) is 0 Å². The third-order valence-electron chi connectivity index (χ3n) is 2.38. The van der Waals surface area contributed by atoms with Crippen LogP contribution < -0.4 is 15.4 Å². The largest absolute Gasteiger partial charge is 0.494 e. The summed E-state index contributed by atoms with van der Waals surface area (Å²) in [6.45, 7) is 2.77. The van der Waals surface area contributed by atoms with Crippen LogP contribution in [0.4, 0.5) is 0 Å². The van der Waals surface area contributed by atoms with Gasteiger partial charge in [-0.25, -0.2) is 0 Å². The van der Waals surface area contributed by atoms with Gasteiger partial charge in [-0.3, -0.25) is 10.1 Å². The average Bonchev–Trinajstić information content (AvgIpc) is 2.67. The van der Waals surface area contributed by atoms with Gasteiger partial charge >= 0.3 is 0 Å². The van der Waals surface area contributed by atoms with Gasteiger partial charge in [-0.2, -0.15) is 0 Å². The van der Waals surface area contributed by atoms with Gasteiger partial charge in [0, 0.05) is 0 Å². The van der Waals surface area contributed by atoms with Gasteiger partial charge in [0.25, 0.3) is 5.91 Å². The molecule has 0 aliphatic carbocycles. The van der Waals surface area contributed by atoms with E-state index in [0.717, 1.165) is 17.7 Å². The van der Waals surface area contributed by atoms with Gasteiger partial charge in [-0.15, -0.1) is 0 Å². The molecule has 0 unspecified atom stereocenters. The van der Waals surface area contributed by atoms with Crippen molar-refractivity contribution in [2.45, 2.75) is 13.3 Å². The monoisotopic (exact) mass is 262 g/mol. The molecule has 0 saturated carbocycles. The fourth-order valence-electron chi connectivity index (χ4n) is 1.53. The first kappa shape index (κ1) is 12.6. The van der Waals surface area contributed by atoms with E-state index in [2.05, 4.69) is 17.6 Å². The van der Waals surface area contributed by atoms with Crippen LogP contribution in [0.2, 0.25) is 0 Å². The summed E-state index contributed by atoms with van der Waals surface area (Å²) >= 11 is 4.85. The molecule has 0 aromatic heterocycles. The second kappa shape index (κ2) is 5.64. The predicted octanol–water partition coefficient (Wildman–Crippen LogP) is 1.82. The van der Waals surface area contributed by atoms with E-state index < -0.39 is 0 Å². The van der Waals surface area contributed by atoms with Gasteiger partial charge in [0.2, 0.25) is 0 Å². The molecule has 1 aliphatic heterocycles. The van der Waals surface area contributed by atoms with Crippen molar-refractivity contribution < 1.29 is 9.53 Å². The van der Waals surface area contributed by atoms with Crippen molar-refractivity contribution in [2.75, 3.05) is 6.61 Å². The molecule has 94 valence electrons. The van der Waals surface area contributed by atoms with Gasteiger partial charge < -0.3 is 10.1 Å². The van der Waals surface area contributed by atoms with Crippen molar-refractivity contribution in [1.29, 1.82) is 0 Å². The SMILES string of the molecule is CCCOc1ccc(/C=C2\NC(=S)NC2=O)cc1. The first-order valence-corrected chi connectivity index (χ1v) is 6.17. The topological polar surface area (TPSA) is 50.4 Å². The van der Waals surface area contributed by atoms with E-state index in [9.17, 15) is 4.79 Å². The van der Waals surface area contributed by atoms with Crippen molar-refractivity contribution in [1.82, 2.24) is 10.6 Å². The Labute approximate surface area is 111 Å². The lowest BCUT2D eigenvalue weighted by atomic mass is 10.2. The highest BCUT2D eigenvalue weighted by Gasteiger charge is 2.19. The van der Waals surface area contributed by atoms with Crippen LogP contribution in [0.5, 0.6) is 5.75 Å². The summed E-state index contributed by atoms with van der Waals surface area (Å²) < 4.78 is 5.48. The molecule has 5 heteroatoms. The fourth-order valence-corrected chi connectivity index (χ4v) is 1.73. The molecule has 1 amide bonds. The van der Waals surface area contributed by atoms with Crippen molar-refractivity contribution in [2.24, 2.45) is 0 Å². The fraction of sp³-hybridized carbons (Fsp3) is 0.231. The summed E-state index contributed by atoms with van der Waals surface area (Å²) in [4.78, 5) is 11.4. The van der Waals surface area contributed by atoms with Crippen LogP contribution >= 0.6 is 12.2 Å². The van der Waals surface area contributed by atoms with Gasteiger partial charge in [-0.1, -0.05) is 19.1 Å². The van der Waals surface area contributed by atoms with Crippen LogP contribution in [-0.2, 0) is 4.79 Å². The molecular weight excluding hydrogens is 248 g/mol. The van der Waals surface area contributed by atoms with Crippen molar-refractivity contribution in [3.8, 4) is 5.75 Å². The van der Waals surface area contributed by atoms with Gasteiger partial charge in [0.15, 0.2) is 5.11 Å². The minimum absolute atomic E-state index is 0.202. The molecule has 0 atom stereocenters. The van der Waals surface area contributed by atoms with E-state index in [1.165, 1.54) is 0 Å². The smallest absolute Gasteiger partial charge is 0.273 e. The summed E-state index contributed by atoms with van der Waals surface area (Å²) in [5.41, 5.74) is 1.38. The average molecular weight is 262 g/mol. The zero-order chi connectivity index (χ0) is 13.0. The zero-order valence-corrected chi connectivity index (χ0v) is 10.8. The Morgan fingerprint density at radius 3 is 2.56 bits per heavy atom. The molecule has 1 heterocycles. The standard InChI is InChI=1S/C13H14N2O2S/c1-2-7-17-10-5-3-9(4-6-10)8-11-12(16)15-13(18)14-11/h3-6,8H,2,7H2,1H3,(H2,14,15,16,18)/b11-8-. The molecule has 2 rings (SSSR count). The van der Waals surface area contributed by atoms with Crippen molar-refractivity contribution in [3.63, 3.8) is 0 Å². The van der Waals surface area contributed by atoms with Crippen LogP contribution in [-0.4, -0.2) is 17.6 Å².